The number of hydrogen-bond donors (Lipinski definition) is 2. The normalized spacial score (nSPS) is 17.8. The Balaban J connectivity index is 0.00000380. The van der Waals surface area contributed by atoms with Gasteiger partial charge in [0, 0.05) is 38.8 Å². The number of amides is 3. The highest BCUT2D eigenvalue weighted by atomic mass is 35.5. The van der Waals surface area contributed by atoms with Gasteiger partial charge in [-0.3, -0.25) is 4.79 Å². The number of carbonyl (C=O) groups excluding carboxylic acids is 2. The van der Waals surface area contributed by atoms with Crippen molar-refractivity contribution < 1.29 is 32.3 Å². The molecule has 1 aromatic heterocycles. The highest BCUT2D eigenvalue weighted by Crippen LogP contribution is 2.37. The Morgan fingerprint density at radius 1 is 1.27 bits per heavy atom. The third kappa shape index (κ3) is 7.01. The lowest BCUT2D eigenvalue weighted by Gasteiger charge is -2.18. The van der Waals surface area contributed by atoms with Crippen molar-refractivity contribution in [3.05, 3.63) is 29.7 Å². The summed E-state index contributed by atoms with van der Waals surface area (Å²) in [6, 6.07) is 3.35. The molecule has 0 radical (unpaired) electrons. The molecule has 3 N–H and O–H groups in total. The maximum absolute atomic E-state index is 13.3. The number of carbonyl (C=O) groups is 2. The predicted molar refractivity (Wildman–Crippen MR) is 133 cm³/mol. The second kappa shape index (κ2) is 12.0. The summed E-state index contributed by atoms with van der Waals surface area (Å²) in [6.45, 7) is -0.158. The number of oxazole rings is 1. The van der Waals surface area contributed by atoms with Gasteiger partial charge in [-0.2, -0.15) is 8.78 Å². The molecule has 13 heteroatoms. The topological polar surface area (TPSA) is 123 Å². The molecule has 4 rings (SSSR count). The number of likely N-dealkylation sites (tertiary alicyclic amines) is 1. The molecule has 10 nitrogen and oxygen atoms in total. The minimum atomic E-state index is -3.00. The smallest absolute Gasteiger partial charge is 0.387 e. The summed E-state index contributed by atoms with van der Waals surface area (Å²) in [7, 11) is 3.29. The lowest BCUT2D eigenvalue weighted by atomic mass is 10.2. The van der Waals surface area contributed by atoms with Crippen LogP contribution in [0.25, 0.3) is 11.5 Å². The van der Waals surface area contributed by atoms with E-state index in [2.05, 4.69) is 15.0 Å². The number of nitrogens with zero attached hydrogens (tertiary/aromatic N) is 3. The molecule has 1 aromatic carbocycles. The van der Waals surface area contributed by atoms with Crippen molar-refractivity contribution in [1.29, 1.82) is 0 Å². The summed E-state index contributed by atoms with van der Waals surface area (Å²) in [5, 5.41) is 2.88. The van der Waals surface area contributed by atoms with E-state index in [4.69, 9.17) is 14.9 Å². The van der Waals surface area contributed by atoms with Gasteiger partial charge in [-0.1, -0.05) is 0 Å². The van der Waals surface area contributed by atoms with Crippen LogP contribution in [0.5, 0.6) is 11.5 Å². The maximum atomic E-state index is 13.3. The van der Waals surface area contributed by atoms with Crippen molar-refractivity contribution >= 4 is 24.3 Å². The van der Waals surface area contributed by atoms with E-state index in [1.165, 1.54) is 23.1 Å². The molecule has 2 aromatic rings. The highest BCUT2D eigenvalue weighted by molar-refractivity contribution is 5.94. The molecule has 3 amide bonds. The minimum absolute atomic E-state index is 0. The summed E-state index contributed by atoms with van der Waals surface area (Å²) in [4.78, 5) is 32.7. The molecule has 1 saturated heterocycles. The van der Waals surface area contributed by atoms with Gasteiger partial charge in [0.05, 0.1) is 12.6 Å². The largest absolute Gasteiger partial charge is 0.489 e. The summed E-state index contributed by atoms with van der Waals surface area (Å²) in [6.07, 6.45) is 2.67. The predicted octanol–water partition coefficient (Wildman–Crippen LogP) is 3.66. The van der Waals surface area contributed by atoms with Crippen LogP contribution in [-0.2, 0) is 0 Å². The van der Waals surface area contributed by atoms with Crippen molar-refractivity contribution in [1.82, 2.24) is 20.1 Å². The molecule has 2 heterocycles. The zero-order valence-corrected chi connectivity index (χ0v) is 21.7. The third-order valence-corrected chi connectivity index (χ3v) is 6.06. The van der Waals surface area contributed by atoms with Crippen molar-refractivity contribution in [3.8, 4) is 23.0 Å². The van der Waals surface area contributed by atoms with E-state index in [-0.39, 0.29) is 59.2 Å². The number of hydrogen-bond acceptors (Lipinski definition) is 7. The second-order valence-corrected chi connectivity index (χ2v) is 9.40. The number of benzene rings is 1. The first-order valence-corrected chi connectivity index (χ1v) is 11.9. The number of ether oxygens (including phenoxy) is 2. The van der Waals surface area contributed by atoms with E-state index in [1.54, 1.807) is 25.9 Å². The summed E-state index contributed by atoms with van der Waals surface area (Å²) in [5.74, 6) is 0.420. The van der Waals surface area contributed by atoms with Gasteiger partial charge in [0.25, 0.3) is 5.91 Å². The first-order valence-electron chi connectivity index (χ1n) is 11.9. The van der Waals surface area contributed by atoms with Gasteiger partial charge in [-0.15, -0.1) is 12.4 Å². The second-order valence-electron chi connectivity index (χ2n) is 9.40. The molecule has 0 bridgehead atoms. The maximum Gasteiger partial charge on any atom is 0.387 e. The fourth-order valence-corrected chi connectivity index (χ4v) is 3.87. The van der Waals surface area contributed by atoms with E-state index in [9.17, 15) is 18.4 Å². The molecular weight excluding hydrogens is 512 g/mol. The van der Waals surface area contributed by atoms with Crippen molar-refractivity contribution in [3.63, 3.8) is 0 Å². The van der Waals surface area contributed by atoms with Crippen LogP contribution in [-0.4, -0.2) is 73.2 Å². The zero-order valence-electron chi connectivity index (χ0n) is 20.9. The van der Waals surface area contributed by atoms with Gasteiger partial charge >= 0.3 is 12.6 Å². The number of alkyl halides is 2. The van der Waals surface area contributed by atoms with E-state index < -0.39 is 12.7 Å². The number of nitrogens with one attached hydrogen (secondary N) is 1. The molecule has 204 valence electrons. The fraction of sp³-hybridized carbons (Fsp3) is 0.542. The summed E-state index contributed by atoms with van der Waals surface area (Å²) < 4.78 is 41.9. The Bertz CT molecular complexity index is 1110. The van der Waals surface area contributed by atoms with Gasteiger partial charge in [0.15, 0.2) is 23.0 Å². The Morgan fingerprint density at radius 2 is 2.00 bits per heavy atom. The lowest BCUT2D eigenvalue weighted by molar-refractivity contribution is -0.0515. The van der Waals surface area contributed by atoms with Crippen LogP contribution >= 0.6 is 12.4 Å². The molecular formula is C24H32ClF2N5O5. The van der Waals surface area contributed by atoms with Gasteiger partial charge in [-0.05, 0) is 50.3 Å². The zero-order chi connectivity index (χ0) is 26.0. The van der Waals surface area contributed by atoms with Gasteiger partial charge < -0.3 is 34.7 Å². The molecule has 1 aliphatic carbocycles. The van der Waals surface area contributed by atoms with E-state index >= 15 is 0 Å². The van der Waals surface area contributed by atoms with Crippen LogP contribution in [0.4, 0.5) is 13.6 Å². The molecule has 37 heavy (non-hydrogen) atoms. The molecule has 2 atom stereocenters. The Hall–Kier alpha value is -3.12. The van der Waals surface area contributed by atoms with Crippen LogP contribution in [0.15, 0.2) is 22.6 Å². The average Bonchev–Trinajstić information content (AvgIpc) is 3.35. The summed E-state index contributed by atoms with van der Waals surface area (Å²) in [5.41, 5.74) is 6.58. The van der Waals surface area contributed by atoms with Crippen LogP contribution in [0.1, 0.15) is 48.5 Å². The third-order valence-electron chi connectivity index (χ3n) is 6.06. The van der Waals surface area contributed by atoms with E-state index in [0.29, 0.717) is 37.6 Å². The Labute approximate surface area is 219 Å². The van der Waals surface area contributed by atoms with Crippen LogP contribution < -0.4 is 20.5 Å². The molecule has 1 saturated carbocycles. The highest BCUT2D eigenvalue weighted by Gasteiger charge is 2.33. The first-order chi connectivity index (χ1) is 17.1. The molecule has 1 unspecified atom stereocenters. The lowest BCUT2D eigenvalue weighted by Crippen LogP contribution is -2.43. The Kier molecular flexibility index (Phi) is 9.19. The standard InChI is InChI=1S/C24H31F2N5O5.ClH/c1-13(27)20-19(22(32)31-9-8-16(11-31)28-24(33)30(2)3)29-21(36-20)15-6-7-17(35-23(25)26)18(10-15)34-12-14-4-5-14;/h6-7,10,13-14,16,23H,4-5,8-9,11-12,27H2,1-3H3,(H,28,33);1H/t13?,16-;/m1./s1. The van der Waals surface area contributed by atoms with E-state index in [0.717, 1.165) is 12.8 Å². The quantitative estimate of drug-likeness (QED) is 0.495. The van der Waals surface area contributed by atoms with Gasteiger partial charge in [-0.25, -0.2) is 9.78 Å². The molecule has 2 aliphatic rings. The van der Waals surface area contributed by atoms with Crippen LogP contribution in [0.3, 0.4) is 0 Å². The first kappa shape index (κ1) is 28.5. The molecule has 0 spiro atoms. The van der Waals surface area contributed by atoms with E-state index in [1.807, 2.05) is 0 Å². The van der Waals surface area contributed by atoms with Crippen molar-refractivity contribution in [2.45, 2.75) is 44.9 Å². The summed E-state index contributed by atoms with van der Waals surface area (Å²) >= 11 is 0. The number of rotatable bonds is 9. The SMILES string of the molecule is CC(N)c1oc(-c2ccc(OC(F)F)c(OCC3CC3)c2)nc1C(=O)N1CC[C@@H](NC(=O)N(C)C)C1.Cl. The minimum Gasteiger partial charge on any atom is -0.489 e. The van der Waals surface area contributed by atoms with Crippen molar-refractivity contribution in [2.24, 2.45) is 11.7 Å². The number of halogens is 3. The molecule has 2 fully saturated rings. The van der Waals surface area contributed by atoms with Gasteiger partial charge in [0.1, 0.15) is 0 Å². The number of aromatic nitrogens is 1. The molecule has 1 aliphatic heterocycles. The van der Waals surface area contributed by atoms with Crippen LogP contribution in [0.2, 0.25) is 0 Å². The van der Waals surface area contributed by atoms with Gasteiger partial charge in [0.2, 0.25) is 5.89 Å². The monoisotopic (exact) mass is 543 g/mol. The number of urea groups is 1. The fourth-order valence-electron chi connectivity index (χ4n) is 3.87. The van der Waals surface area contributed by atoms with Crippen LogP contribution in [0, 0.1) is 5.92 Å². The Morgan fingerprint density at radius 3 is 2.62 bits per heavy atom. The number of nitrogens with two attached hydrogens (primary N) is 1. The average molecular weight is 544 g/mol. The van der Waals surface area contributed by atoms with Crippen molar-refractivity contribution in [2.75, 3.05) is 33.8 Å².